The number of hydrogen-bond donors (Lipinski definition) is 1. The van der Waals surface area contributed by atoms with Gasteiger partial charge in [0, 0.05) is 11.4 Å². The van der Waals surface area contributed by atoms with Crippen molar-refractivity contribution in [2.45, 2.75) is 25.5 Å². The van der Waals surface area contributed by atoms with Crippen molar-refractivity contribution in [3.05, 3.63) is 40.5 Å². The molecule has 0 bridgehead atoms. The molecule has 10 heteroatoms. The Morgan fingerprint density at radius 3 is 3.03 bits per heavy atom. The van der Waals surface area contributed by atoms with Crippen molar-refractivity contribution >= 4 is 44.9 Å². The van der Waals surface area contributed by atoms with Crippen LogP contribution in [0.4, 0.5) is 0 Å². The second kappa shape index (κ2) is 7.20. The molecule has 0 atom stereocenters. The number of carbonyl (C=O) groups excluding carboxylic acids is 1. The first-order valence-electron chi connectivity index (χ1n) is 8.97. The van der Waals surface area contributed by atoms with E-state index in [1.807, 2.05) is 22.6 Å². The average molecular weight is 428 g/mol. The third-order valence-corrected chi connectivity index (χ3v) is 6.86. The van der Waals surface area contributed by atoms with Crippen LogP contribution >= 0.6 is 23.1 Å². The van der Waals surface area contributed by atoms with Gasteiger partial charge in [-0.25, -0.2) is 4.98 Å². The molecule has 4 aromatic rings. The third kappa shape index (κ3) is 3.28. The maximum Gasteiger partial charge on any atom is 0.231 e. The van der Waals surface area contributed by atoms with Gasteiger partial charge in [-0.2, -0.15) is 0 Å². The monoisotopic (exact) mass is 427 g/mol. The number of thiophene rings is 1. The van der Waals surface area contributed by atoms with Crippen LogP contribution in [0.3, 0.4) is 0 Å². The number of nitrogens with zero attached hydrogens (tertiary/aromatic N) is 4. The Morgan fingerprint density at radius 1 is 1.28 bits per heavy atom. The van der Waals surface area contributed by atoms with Gasteiger partial charge in [-0.3, -0.25) is 9.20 Å². The summed E-state index contributed by atoms with van der Waals surface area (Å²) in [6.07, 6.45) is 1.72. The number of ether oxygens (including phenoxy) is 2. The van der Waals surface area contributed by atoms with E-state index in [2.05, 4.69) is 34.3 Å². The van der Waals surface area contributed by atoms with E-state index >= 15 is 0 Å². The number of aryl methyl sites for hydroxylation is 2. The summed E-state index contributed by atoms with van der Waals surface area (Å²) in [6, 6.07) is 5.64. The first-order chi connectivity index (χ1) is 14.1. The highest BCUT2D eigenvalue weighted by atomic mass is 32.2. The van der Waals surface area contributed by atoms with E-state index in [-0.39, 0.29) is 18.5 Å². The number of carbonyl (C=O) groups is 1. The van der Waals surface area contributed by atoms with Crippen molar-refractivity contribution in [1.82, 2.24) is 24.9 Å². The van der Waals surface area contributed by atoms with Crippen LogP contribution in [-0.2, 0) is 11.3 Å². The number of hydrogen-bond acceptors (Lipinski definition) is 8. The van der Waals surface area contributed by atoms with Crippen molar-refractivity contribution < 1.29 is 14.3 Å². The molecule has 0 unspecified atom stereocenters. The molecular weight excluding hydrogens is 410 g/mol. The molecular formula is C19H17N5O3S2. The van der Waals surface area contributed by atoms with Crippen LogP contribution < -0.4 is 14.8 Å². The van der Waals surface area contributed by atoms with E-state index < -0.39 is 0 Å². The zero-order valence-electron chi connectivity index (χ0n) is 15.8. The number of rotatable bonds is 5. The number of benzene rings is 1. The van der Waals surface area contributed by atoms with Crippen LogP contribution in [0.1, 0.15) is 16.0 Å². The van der Waals surface area contributed by atoms with Crippen molar-refractivity contribution in [2.24, 2.45) is 0 Å². The fourth-order valence-electron chi connectivity index (χ4n) is 3.16. The maximum absolute atomic E-state index is 12.3. The summed E-state index contributed by atoms with van der Waals surface area (Å²) in [6.45, 7) is 4.81. The molecule has 3 aromatic heterocycles. The predicted octanol–water partition coefficient (Wildman–Crippen LogP) is 3.09. The smallest absolute Gasteiger partial charge is 0.231 e. The third-order valence-electron chi connectivity index (χ3n) is 4.80. The van der Waals surface area contributed by atoms with Gasteiger partial charge in [0.05, 0.1) is 11.1 Å². The molecule has 1 N–H and O–H groups in total. The SMILES string of the molecule is Cc1sc2ncn3c(SCC(=O)NCc4ccc5c(c4)OCO5)nnc3c2c1C. The molecule has 8 nitrogen and oxygen atoms in total. The van der Waals surface area contributed by atoms with E-state index in [1.165, 1.54) is 22.2 Å². The Hall–Kier alpha value is -2.85. The van der Waals surface area contributed by atoms with Crippen LogP contribution in [0.5, 0.6) is 11.5 Å². The molecule has 1 aliphatic rings. The largest absolute Gasteiger partial charge is 0.454 e. The summed E-state index contributed by atoms with van der Waals surface area (Å²) >= 11 is 2.99. The predicted molar refractivity (Wildman–Crippen MR) is 111 cm³/mol. The molecule has 0 saturated heterocycles. The van der Waals surface area contributed by atoms with E-state index in [0.717, 1.165) is 27.2 Å². The zero-order valence-corrected chi connectivity index (χ0v) is 17.4. The van der Waals surface area contributed by atoms with Crippen LogP contribution in [0, 0.1) is 13.8 Å². The second-order valence-electron chi connectivity index (χ2n) is 6.64. The molecule has 29 heavy (non-hydrogen) atoms. The van der Waals surface area contributed by atoms with Crippen molar-refractivity contribution in [2.75, 3.05) is 12.5 Å². The highest BCUT2D eigenvalue weighted by Crippen LogP contribution is 2.33. The Bertz CT molecular complexity index is 1250. The van der Waals surface area contributed by atoms with Gasteiger partial charge in [0.2, 0.25) is 12.7 Å². The average Bonchev–Trinajstić information content (AvgIpc) is 3.42. The fourth-order valence-corrected chi connectivity index (χ4v) is 4.88. The Kier molecular flexibility index (Phi) is 4.51. The lowest BCUT2D eigenvalue weighted by Crippen LogP contribution is -2.24. The summed E-state index contributed by atoms with van der Waals surface area (Å²) < 4.78 is 12.5. The molecule has 0 aliphatic carbocycles. The Morgan fingerprint density at radius 2 is 2.14 bits per heavy atom. The molecule has 4 heterocycles. The molecule has 0 fully saturated rings. The van der Waals surface area contributed by atoms with Crippen LogP contribution in [0.15, 0.2) is 29.7 Å². The first-order valence-corrected chi connectivity index (χ1v) is 10.8. The lowest BCUT2D eigenvalue weighted by Gasteiger charge is -2.06. The van der Waals surface area contributed by atoms with Gasteiger partial charge in [-0.05, 0) is 37.1 Å². The maximum atomic E-state index is 12.3. The van der Waals surface area contributed by atoms with Crippen LogP contribution in [0.25, 0.3) is 15.9 Å². The van der Waals surface area contributed by atoms with E-state index in [9.17, 15) is 4.79 Å². The zero-order chi connectivity index (χ0) is 20.0. The lowest BCUT2D eigenvalue weighted by molar-refractivity contribution is -0.118. The standard InChI is InChI=1S/C19H17N5O3S2/c1-10-11(2)29-18-16(10)17-22-23-19(24(17)8-21-18)28-7-15(25)20-6-12-3-4-13-14(5-12)27-9-26-13/h3-5,8H,6-7,9H2,1-2H3,(H,20,25). The van der Waals surface area contributed by atoms with Crippen molar-refractivity contribution in [3.63, 3.8) is 0 Å². The molecule has 0 saturated carbocycles. The van der Waals surface area contributed by atoms with Crippen molar-refractivity contribution in [1.29, 1.82) is 0 Å². The topological polar surface area (TPSA) is 90.6 Å². The summed E-state index contributed by atoms with van der Waals surface area (Å²) in [5.41, 5.74) is 2.91. The number of amides is 1. The number of fused-ring (bicyclic) bond motifs is 4. The normalized spacial score (nSPS) is 12.8. The van der Waals surface area contributed by atoms with Gasteiger partial charge < -0.3 is 14.8 Å². The molecule has 0 radical (unpaired) electrons. The number of nitrogens with one attached hydrogen (secondary N) is 1. The van der Waals surface area contributed by atoms with Crippen LogP contribution in [-0.4, -0.2) is 38.0 Å². The molecule has 5 rings (SSSR count). The number of thioether (sulfide) groups is 1. The minimum Gasteiger partial charge on any atom is -0.454 e. The molecule has 1 aromatic carbocycles. The van der Waals surface area contributed by atoms with Gasteiger partial charge in [0.15, 0.2) is 22.3 Å². The fraction of sp³-hybridized carbons (Fsp3) is 0.263. The summed E-state index contributed by atoms with van der Waals surface area (Å²) in [4.78, 5) is 19.0. The summed E-state index contributed by atoms with van der Waals surface area (Å²) in [5.74, 6) is 1.60. The lowest BCUT2D eigenvalue weighted by atomic mass is 10.2. The van der Waals surface area contributed by atoms with Crippen LogP contribution in [0.2, 0.25) is 0 Å². The van der Waals surface area contributed by atoms with Gasteiger partial charge in [-0.1, -0.05) is 17.8 Å². The number of aromatic nitrogens is 4. The van der Waals surface area contributed by atoms with E-state index in [4.69, 9.17) is 9.47 Å². The van der Waals surface area contributed by atoms with E-state index in [0.29, 0.717) is 17.5 Å². The summed E-state index contributed by atoms with van der Waals surface area (Å²) in [5, 5.41) is 13.2. The molecule has 148 valence electrons. The quantitative estimate of drug-likeness (QED) is 0.490. The highest BCUT2D eigenvalue weighted by Gasteiger charge is 2.16. The van der Waals surface area contributed by atoms with Gasteiger partial charge in [-0.15, -0.1) is 21.5 Å². The molecule has 1 aliphatic heterocycles. The van der Waals surface area contributed by atoms with Gasteiger partial charge in [0.1, 0.15) is 11.2 Å². The van der Waals surface area contributed by atoms with E-state index in [1.54, 1.807) is 17.7 Å². The first kappa shape index (κ1) is 18.2. The molecule has 1 amide bonds. The summed E-state index contributed by atoms with van der Waals surface area (Å²) in [7, 11) is 0. The van der Waals surface area contributed by atoms with Gasteiger partial charge in [0.25, 0.3) is 0 Å². The highest BCUT2D eigenvalue weighted by molar-refractivity contribution is 7.99. The molecule has 0 spiro atoms. The van der Waals surface area contributed by atoms with Gasteiger partial charge >= 0.3 is 0 Å². The minimum absolute atomic E-state index is 0.0824. The second-order valence-corrected chi connectivity index (χ2v) is 8.78. The Balaban J connectivity index is 1.25. The minimum atomic E-state index is -0.0824. The Labute approximate surface area is 174 Å². The van der Waals surface area contributed by atoms with Crippen molar-refractivity contribution in [3.8, 4) is 11.5 Å².